The van der Waals surface area contributed by atoms with Crippen LogP contribution in [0.5, 0.6) is 0 Å². The Labute approximate surface area is 161 Å². The molecule has 0 atom stereocenters. The molecule has 3 aromatic rings. The molecule has 1 aliphatic carbocycles. The molecule has 1 saturated carbocycles. The summed E-state index contributed by atoms with van der Waals surface area (Å²) in [6.45, 7) is 0. The average Bonchev–Trinajstić information content (AvgIpc) is 3.40. The summed E-state index contributed by atoms with van der Waals surface area (Å²) in [5.74, 6) is 3.41. The zero-order chi connectivity index (χ0) is 17.8. The van der Waals surface area contributed by atoms with Crippen LogP contribution in [0.3, 0.4) is 0 Å². The molecule has 0 aliphatic heterocycles. The number of aromatic amines is 1. The molecule has 6 nitrogen and oxygen atoms in total. The Kier molecular flexibility index (Phi) is 5.55. The molecule has 0 spiro atoms. The lowest BCUT2D eigenvalue weighted by molar-refractivity contribution is 0.497. The summed E-state index contributed by atoms with van der Waals surface area (Å²) in [6, 6.07) is 7.32. The van der Waals surface area contributed by atoms with E-state index in [9.17, 15) is 0 Å². The SMILES string of the molecule is Clc1ccc(-c2nnc(CSc3n[nH]c(CCC4CCCC4)n3)o2)cc1. The minimum Gasteiger partial charge on any atom is -0.420 e. The van der Waals surface area contributed by atoms with Crippen LogP contribution in [0.25, 0.3) is 11.5 Å². The number of hydrogen-bond donors (Lipinski definition) is 1. The summed E-state index contributed by atoms with van der Waals surface area (Å²) in [7, 11) is 0. The van der Waals surface area contributed by atoms with Crippen molar-refractivity contribution in [3.05, 3.63) is 41.0 Å². The number of H-pyrrole nitrogens is 1. The van der Waals surface area contributed by atoms with Gasteiger partial charge in [-0.25, -0.2) is 4.98 Å². The molecule has 136 valence electrons. The summed E-state index contributed by atoms with van der Waals surface area (Å²) in [6.07, 6.45) is 7.66. The molecular weight excluding hydrogens is 370 g/mol. The average molecular weight is 390 g/mol. The van der Waals surface area contributed by atoms with Crippen molar-refractivity contribution in [2.24, 2.45) is 5.92 Å². The highest BCUT2D eigenvalue weighted by atomic mass is 35.5. The first kappa shape index (κ1) is 17.5. The highest BCUT2D eigenvalue weighted by Crippen LogP contribution is 2.28. The Morgan fingerprint density at radius 1 is 1.15 bits per heavy atom. The first-order valence-electron chi connectivity index (χ1n) is 8.88. The second-order valence-electron chi connectivity index (χ2n) is 6.55. The predicted molar refractivity (Wildman–Crippen MR) is 101 cm³/mol. The van der Waals surface area contributed by atoms with E-state index < -0.39 is 0 Å². The van der Waals surface area contributed by atoms with Crippen molar-refractivity contribution in [2.75, 3.05) is 0 Å². The maximum atomic E-state index is 5.90. The fourth-order valence-corrected chi connectivity index (χ4v) is 4.02. The molecular formula is C18H20ClN5OS. The van der Waals surface area contributed by atoms with Crippen molar-refractivity contribution < 1.29 is 4.42 Å². The molecule has 0 unspecified atom stereocenters. The number of nitrogens with zero attached hydrogens (tertiary/aromatic N) is 4. The Bertz CT molecular complexity index is 841. The lowest BCUT2D eigenvalue weighted by atomic mass is 10.0. The van der Waals surface area contributed by atoms with Crippen molar-refractivity contribution in [3.63, 3.8) is 0 Å². The van der Waals surface area contributed by atoms with Gasteiger partial charge in [-0.15, -0.1) is 15.3 Å². The third-order valence-corrected chi connectivity index (χ3v) is 5.74. The third-order valence-electron chi connectivity index (χ3n) is 4.66. The van der Waals surface area contributed by atoms with Crippen molar-refractivity contribution in [1.82, 2.24) is 25.4 Å². The monoisotopic (exact) mass is 389 g/mol. The molecule has 4 rings (SSSR count). The Balaban J connectivity index is 1.29. The second kappa shape index (κ2) is 8.22. The first-order chi connectivity index (χ1) is 12.8. The molecule has 1 aromatic carbocycles. The molecule has 1 N–H and O–H groups in total. The number of aryl methyl sites for hydroxylation is 1. The number of nitrogens with one attached hydrogen (secondary N) is 1. The van der Waals surface area contributed by atoms with Crippen LogP contribution in [0.2, 0.25) is 5.02 Å². The smallest absolute Gasteiger partial charge is 0.247 e. The van der Waals surface area contributed by atoms with Gasteiger partial charge in [-0.2, -0.15) is 0 Å². The molecule has 0 saturated heterocycles. The molecule has 2 heterocycles. The molecule has 2 aromatic heterocycles. The van der Waals surface area contributed by atoms with E-state index in [4.69, 9.17) is 16.0 Å². The van der Waals surface area contributed by atoms with Gasteiger partial charge in [-0.3, -0.25) is 5.10 Å². The summed E-state index contributed by atoms with van der Waals surface area (Å²) in [5.41, 5.74) is 0.852. The first-order valence-corrected chi connectivity index (χ1v) is 10.2. The van der Waals surface area contributed by atoms with E-state index in [1.54, 1.807) is 12.1 Å². The fraction of sp³-hybridized carbons (Fsp3) is 0.444. The van der Waals surface area contributed by atoms with E-state index in [1.165, 1.54) is 43.9 Å². The van der Waals surface area contributed by atoms with Gasteiger partial charge in [0.2, 0.25) is 16.9 Å². The molecule has 1 aliphatic rings. The van der Waals surface area contributed by atoms with Gasteiger partial charge in [0.25, 0.3) is 0 Å². The van der Waals surface area contributed by atoms with Crippen LogP contribution in [-0.4, -0.2) is 25.4 Å². The summed E-state index contributed by atoms with van der Waals surface area (Å²) in [5, 5.41) is 16.9. The van der Waals surface area contributed by atoms with Gasteiger partial charge in [0.05, 0.1) is 5.75 Å². The summed E-state index contributed by atoms with van der Waals surface area (Å²) < 4.78 is 5.70. The van der Waals surface area contributed by atoms with Crippen LogP contribution in [-0.2, 0) is 12.2 Å². The third kappa shape index (κ3) is 4.45. The van der Waals surface area contributed by atoms with Gasteiger partial charge in [0.1, 0.15) is 5.82 Å². The van der Waals surface area contributed by atoms with E-state index in [2.05, 4.69) is 25.4 Å². The standard InChI is InChI=1S/C18H20ClN5OS/c19-14-8-6-13(7-9-14)17-23-22-16(25-17)11-26-18-20-15(21-24-18)10-5-12-3-1-2-4-12/h6-9,12H,1-5,10-11H2,(H,20,21,24). The molecule has 0 amide bonds. The molecule has 0 radical (unpaired) electrons. The number of rotatable bonds is 7. The number of benzene rings is 1. The highest BCUT2D eigenvalue weighted by molar-refractivity contribution is 7.98. The van der Waals surface area contributed by atoms with E-state index in [1.807, 2.05) is 12.1 Å². The Hall–Kier alpha value is -1.86. The zero-order valence-electron chi connectivity index (χ0n) is 14.3. The van der Waals surface area contributed by atoms with Crippen LogP contribution in [0, 0.1) is 5.92 Å². The minimum atomic E-state index is 0.490. The van der Waals surface area contributed by atoms with Crippen LogP contribution in [0.1, 0.15) is 43.8 Å². The topological polar surface area (TPSA) is 80.5 Å². The quantitative estimate of drug-likeness (QED) is 0.577. The summed E-state index contributed by atoms with van der Waals surface area (Å²) >= 11 is 7.39. The molecule has 0 bridgehead atoms. The van der Waals surface area contributed by atoms with E-state index in [0.717, 1.165) is 28.9 Å². The van der Waals surface area contributed by atoms with Gasteiger partial charge < -0.3 is 4.42 Å². The number of thioether (sulfide) groups is 1. The zero-order valence-corrected chi connectivity index (χ0v) is 15.9. The van der Waals surface area contributed by atoms with Gasteiger partial charge in [-0.1, -0.05) is 49.0 Å². The van der Waals surface area contributed by atoms with Crippen molar-refractivity contribution in [1.29, 1.82) is 0 Å². The molecule has 26 heavy (non-hydrogen) atoms. The maximum Gasteiger partial charge on any atom is 0.247 e. The Morgan fingerprint density at radius 2 is 1.96 bits per heavy atom. The van der Waals surface area contributed by atoms with Crippen molar-refractivity contribution in [2.45, 2.75) is 49.4 Å². The second-order valence-corrected chi connectivity index (χ2v) is 7.93. The fourth-order valence-electron chi connectivity index (χ4n) is 3.24. The van der Waals surface area contributed by atoms with Crippen LogP contribution in [0.4, 0.5) is 0 Å². The van der Waals surface area contributed by atoms with Crippen LogP contribution >= 0.6 is 23.4 Å². The van der Waals surface area contributed by atoms with Gasteiger partial charge in [0.15, 0.2) is 0 Å². The lowest BCUT2D eigenvalue weighted by Crippen LogP contribution is -1.97. The predicted octanol–water partition coefficient (Wildman–Crippen LogP) is 4.92. The number of aromatic nitrogens is 5. The largest absolute Gasteiger partial charge is 0.420 e. The summed E-state index contributed by atoms with van der Waals surface area (Å²) in [4.78, 5) is 4.55. The molecule has 1 fully saturated rings. The highest BCUT2D eigenvalue weighted by Gasteiger charge is 2.16. The van der Waals surface area contributed by atoms with E-state index >= 15 is 0 Å². The maximum absolute atomic E-state index is 5.90. The lowest BCUT2D eigenvalue weighted by Gasteiger charge is -2.05. The number of hydrogen-bond acceptors (Lipinski definition) is 6. The van der Waals surface area contributed by atoms with Gasteiger partial charge in [0, 0.05) is 17.0 Å². The normalized spacial score (nSPS) is 15.0. The van der Waals surface area contributed by atoms with Crippen molar-refractivity contribution in [3.8, 4) is 11.5 Å². The van der Waals surface area contributed by atoms with E-state index in [-0.39, 0.29) is 0 Å². The van der Waals surface area contributed by atoms with Crippen LogP contribution in [0.15, 0.2) is 33.8 Å². The minimum absolute atomic E-state index is 0.490. The van der Waals surface area contributed by atoms with Crippen LogP contribution < -0.4 is 0 Å². The van der Waals surface area contributed by atoms with E-state index in [0.29, 0.717) is 22.6 Å². The number of halogens is 1. The molecule has 8 heteroatoms. The van der Waals surface area contributed by atoms with Gasteiger partial charge in [-0.05, 0) is 36.6 Å². The Morgan fingerprint density at radius 3 is 2.77 bits per heavy atom. The van der Waals surface area contributed by atoms with Crippen molar-refractivity contribution >= 4 is 23.4 Å². The van der Waals surface area contributed by atoms with Gasteiger partial charge >= 0.3 is 0 Å².